The predicted molar refractivity (Wildman–Crippen MR) is 61.8 cm³/mol. The van der Waals surface area contributed by atoms with Gasteiger partial charge >= 0.3 is 0 Å². The molecular formula is C11H21N3O. The van der Waals surface area contributed by atoms with Crippen LogP contribution < -0.4 is 5.32 Å². The Hall–Kier alpha value is -0.870. The Morgan fingerprint density at radius 3 is 2.67 bits per heavy atom. The third-order valence-corrected chi connectivity index (χ3v) is 2.69. The van der Waals surface area contributed by atoms with Crippen molar-refractivity contribution in [3.05, 3.63) is 12.7 Å². The van der Waals surface area contributed by atoms with Crippen molar-refractivity contribution in [2.75, 3.05) is 46.3 Å². The van der Waals surface area contributed by atoms with E-state index < -0.39 is 0 Å². The Morgan fingerprint density at radius 1 is 1.40 bits per heavy atom. The summed E-state index contributed by atoms with van der Waals surface area (Å²) in [6.07, 6.45) is 2.30. The SMILES string of the molecule is C=CCNC(=O)CCN1CCN(C)CC1. The van der Waals surface area contributed by atoms with Gasteiger partial charge in [0.2, 0.25) is 5.91 Å². The summed E-state index contributed by atoms with van der Waals surface area (Å²) in [6, 6.07) is 0. The molecule has 0 aromatic rings. The topological polar surface area (TPSA) is 35.6 Å². The third-order valence-electron chi connectivity index (χ3n) is 2.69. The van der Waals surface area contributed by atoms with E-state index in [9.17, 15) is 4.79 Å². The van der Waals surface area contributed by atoms with Crippen molar-refractivity contribution >= 4 is 5.91 Å². The summed E-state index contributed by atoms with van der Waals surface area (Å²) in [5, 5.41) is 2.79. The fourth-order valence-electron chi connectivity index (χ4n) is 1.61. The van der Waals surface area contributed by atoms with E-state index in [1.54, 1.807) is 6.08 Å². The molecule has 0 aromatic carbocycles. The minimum Gasteiger partial charge on any atom is -0.353 e. The number of hydrogen-bond acceptors (Lipinski definition) is 3. The standard InChI is InChI=1S/C11H21N3O/c1-3-5-12-11(15)4-6-14-9-7-13(2)8-10-14/h3H,1,4-10H2,2H3,(H,12,15). The van der Waals surface area contributed by atoms with Crippen LogP contribution in [0, 0.1) is 0 Å². The van der Waals surface area contributed by atoms with E-state index in [0.717, 1.165) is 32.7 Å². The van der Waals surface area contributed by atoms with Crippen LogP contribution in [-0.2, 0) is 4.79 Å². The van der Waals surface area contributed by atoms with Gasteiger partial charge in [0, 0.05) is 45.7 Å². The smallest absolute Gasteiger partial charge is 0.221 e. The van der Waals surface area contributed by atoms with Gasteiger partial charge in [-0.25, -0.2) is 0 Å². The molecule has 0 unspecified atom stereocenters. The minimum atomic E-state index is 0.119. The highest BCUT2D eigenvalue weighted by Gasteiger charge is 2.14. The third kappa shape index (κ3) is 4.95. The molecule has 15 heavy (non-hydrogen) atoms. The van der Waals surface area contributed by atoms with Crippen LogP contribution in [0.4, 0.5) is 0 Å². The molecule has 0 saturated carbocycles. The highest BCUT2D eigenvalue weighted by molar-refractivity contribution is 5.76. The van der Waals surface area contributed by atoms with Gasteiger partial charge < -0.3 is 15.1 Å². The first-order chi connectivity index (χ1) is 7.22. The molecule has 4 nitrogen and oxygen atoms in total. The number of nitrogens with zero attached hydrogens (tertiary/aromatic N) is 2. The van der Waals surface area contributed by atoms with Crippen molar-refractivity contribution < 1.29 is 4.79 Å². The maximum absolute atomic E-state index is 11.3. The molecule has 1 aliphatic heterocycles. The van der Waals surface area contributed by atoms with Crippen LogP contribution in [0.15, 0.2) is 12.7 Å². The highest BCUT2D eigenvalue weighted by atomic mass is 16.1. The summed E-state index contributed by atoms with van der Waals surface area (Å²) < 4.78 is 0. The molecule has 1 saturated heterocycles. The Bertz CT molecular complexity index is 210. The lowest BCUT2D eigenvalue weighted by atomic mass is 10.3. The molecule has 86 valence electrons. The number of nitrogens with one attached hydrogen (secondary N) is 1. The van der Waals surface area contributed by atoms with Gasteiger partial charge in [-0.3, -0.25) is 4.79 Å². The lowest BCUT2D eigenvalue weighted by molar-refractivity contribution is -0.121. The second kappa shape index (κ2) is 6.58. The average Bonchev–Trinajstić information content (AvgIpc) is 2.25. The van der Waals surface area contributed by atoms with E-state index in [1.165, 1.54) is 0 Å². The molecular weight excluding hydrogens is 190 g/mol. The van der Waals surface area contributed by atoms with Crippen molar-refractivity contribution in [3.8, 4) is 0 Å². The Balaban J connectivity index is 2.09. The molecule has 0 bridgehead atoms. The molecule has 0 spiro atoms. The zero-order valence-electron chi connectivity index (χ0n) is 9.54. The van der Waals surface area contributed by atoms with Crippen LogP contribution >= 0.6 is 0 Å². The molecule has 1 fully saturated rings. The first-order valence-corrected chi connectivity index (χ1v) is 5.51. The van der Waals surface area contributed by atoms with Gasteiger partial charge in [0.05, 0.1) is 0 Å². The second-order valence-electron chi connectivity index (χ2n) is 3.99. The second-order valence-corrected chi connectivity index (χ2v) is 3.99. The summed E-state index contributed by atoms with van der Waals surface area (Å²) in [7, 11) is 2.13. The predicted octanol–water partition coefficient (Wildman–Crippen LogP) is -0.0739. The summed E-state index contributed by atoms with van der Waals surface area (Å²) in [5.74, 6) is 0.119. The Morgan fingerprint density at radius 2 is 2.07 bits per heavy atom. The molecule has 0 atom stereocenters. The number of amides is 1. The minimum absolute atomic E-state index is 0.119. The number of hydrogen-bond donors (Lipinski definition) is 1. The molecule has 1 aliphatic rings. The number of carbonyl (C=O) groups is 1. The fourth-order valence-corrected chi connectivity index (χ4v) is 1.61. The summed E-state index contributed by atoms with van der Waals surface area (Å²) in [5.41, 5.74) is 0. The van der Waals surface area contributed by atoms with Gasteiger partial charge in [0.25, 0.3) is 0 Å². The van der Waals surface area contributed by atoms with Crippen LogP contribution in [0.1, 0.15) is 6.42 Å². The van der Waals surface area contributed by atoms with Crippen molar-refractivity contribution in [2.24, 2.45) is 0 Å². The zero-order chi connectivity index (χ0) is 11.1. The Kier molecular flexibility index (Phi) is 5.36. The van der Waals surface area contributed by atoms with Crippen LogP contribution in [0.5, 0.6) is 0 Å². The molecule has 0 radical (unpaired) electrons. The highest BCUT2D eigenvalue weighted by Crippen LogP contribution is 1.99. The molecule has 1 amide bonds. The van der Waals surface area contributed by atoms with Gasteiger partial charge in [-0.05, 0) is 7.05 Å². The van der Waals surface area contributed by atoms with Crippen molar-refractivity contribution in [3.63, 3.8) is 0 Å². The summed E-state index contributed by atoms with van der Waals surface area (Å²) >= 11 is 0. The lowest BCUT2D eigenvalue weighted by Gasteiger charge is -2.32. The van der Waals surface area contributed by atoms with Gasteiger partial charge in [-0.2, -0.15) is 0 Å². The number of piperazine rings is 1. The van der Waals surface area contributed by atoms with Crippen molar-refractivity contribution in [2.45, 2.75) is 6.42 Å². The van der Waals surface area contributed by atoms with Crippen LogP contribution in [0.25, 0.3) is 0 Å². The van der Waals surface area contributed by atoms with E-state index >= 15 is 0 Å². The molecule has 0 aliphatic carbocycles. The largest absolute Gasteiger partial charge is 0.353 e. The monoisotopic (exact) mass is 211 g/mol. The lowest BCUT2D eigenvalue weighted by Crippen LogP contribution is -2.45. The van der Waals surface area contributed by atoms with Crippen LogP contribution in [0.2, 0.25) is 0 Å². The first-order valence-electron chi connectivity index (χ1n) is 5.51. The van der Waals surface area contributed by atoms with Crippen molar-refractivity contribution in [1.82, 2.24) is 15.1 Å². The van der Waals surface area contributed by atoms with Gasteiger partial charge in [0.1, 0.15) is 0 Å². The summed E-state index contributed by atoms with van der Waals surface area (Å²) in [4.78, 5) is 16.0. The van der Waals surface area contributed by atoms with Crippen molar-refractivity contribution in [1.29, 1.82) is 0 Å². The molecule has 1 N–H and O–H groups in total. The van der Waals surface area contributed by atoms with Crippen LogP contribution in [0.3, 0.4) is 0 Å². The average molecular weight is 211 g/mol. The van der Waals surface area contributed by atoms with E-state index in [1.807, 2.05) is 0 Å². The number of carbonyl (C=O) groups excluding carboxylic acids is 1. The molecule has 0 aromatic heterocycles. The zero-order valence-corrected chi connectivity index (χ0v) is 9.54. The number of rotatable bonds is 5. The maximum Gasteiger partial charge on any atom is 0.221 e. The van der Waals surface area contributed by atoms with Gasteiger partial charge in [-0.1, -0.05) is 6.08 Å². The normalized spacial score (nSPS) is 18.7. The first kappa shape index (κ1) is 12.2. The van der Waals surface area contributed by atoms with E-state index in [2.05, 4.69) is 28.7 Å². The van der Waals surface area contributed by atoms with Gasteiger partial charge in [0.15, 0.2) is 0 Å². The Labute approximate surface area is 91.9 Å². The van der Waals surface area contributed by atoms with Gasteiger partial charge in [-0.15, -0.1) is 6.58 Å². The van der Waals surface area contributed by atoms with Crippen LogP contribution in [-0.4, -0.2) is 62.0 Å². The quantitative estimate of drug-likeness (QED) is 0.646. The van der Waals surface area contributed by atoms with E-state index in [4.69, 9.17) is 0 Å². The summed E-state index contributed by atoms with van der Waals surface area (Å²) in [6.45, 7) is 9.36. The van der Waals surface area contributed by atoms with E-state index in [-0.39, 0.29) is 5.91 Å². The molecule has 1 heterocycles. The van der Waals surface area contributed by atoms with E-state index in [0.29, 0.717) is 13.0 Å². The number of likely N-dealkylation sites (N-methyl/N-ethyl adjacent to an activating group) is 1. The fraction of sp³-hybridized carbons (Fsp3) is 0.727. The molecule has 4 heteroatoms. The molecule has 1 rings (SSSR count). The maximum atomic E-state index is 11.3.